The van der Waals surface area contributed by atoms with Crippen molar-refractivity contribution in [3.05, 3.63) is 63.4 Å². The summed E-state index contributed by atoms with van der Waals surface area (Å²) >= 11 is 12.5. The Balaban J connectivity index is 1.86. The molecule has 0 saturated carbocycles. The lowest BCUT2D eigenvalue weighted by atomic mass is 10.0. The number of hydrogen-bond donors (Lipinski definition) is 0. The number of halogens is 2. The summed E-state index contributed by atoms with van der Waals surface area (Å²) in [7, 11) is 0. The molecule has 2 aromatic rings. The third-order valence-electron chi connectivity index (χ3n) is 3.12. The van der Waals surface area contributed by atoms with Crippen molar-refractivity contribution >= 4 is 23.2 Å². The Hall–Kier alpha value is -1.05. The predicted molar refractivity (Wildman–Crippen MR) is 82.1 cm³/mol. The fourth-order valence-electron chi connectivity index (χ4n) is 2.12. The second kappa shape index (κ2) is 6.93. The van der Waals surface area contributed by atoms with Crippen LogP contribution in [0.15, 0.2) is 36.5 Å². The molecule has 100 valence electrons. The molecular weight excluding hydrogens is 277 g/mol. The van der Waals surface area contributed by atoms with Crippen molar-refractivity contribution in [2.45, 2.75) is 32.6 Å². The topological polar surface area (TPSA) is 12.9 Å². The first-order valence-corrected chi connectivity index (χ1v) is 7.27. The van der Waals surface area contributed by atoms with Crippen molar-refractivity contribution in [1.29, 1.82) is 0 Å². The van der Waals surface area contributed by atoms with Gasteiger partial charge >= 0.3 is 0 Å². The molecule has 2 rings (SSSR count). The van der Waals surface area contributed by atoms with Crippen molar-refractivity contribution in [3.8, 4) is 0 Å². The van der Waals surface area contributed by atoms with Gasteiger partial charge in [-0.25, -0.2) is 0 Å². The van der Waals surface area contributed by atoms with E-state index in [0.717, 1.165) is 52.5 Å². The Labute approximate surface area is 124 Å². The van der Waals surface area contributed by atoms with E-state index < -0.39 is 0 Å². The zero-order valence-corrected chi connectivity index (χ0v) is 12.5. The standard InChI is InChI=1S/C16H17Cl2N/c1-12-10-15(17)14(16(18)11-12)8-3-2-6-13-7-4-5-9-19-13/h4-5,7,9-11H,2-3,6,8H2,1H3. The van der Waals surface area contributed by atoms with Crippen LogP contribution < -0.4 is 0 Å². The lowest BCUT2D eigenvalue weighted by Crippen LogP contribution is -1.93. The van der Waals surface area contributed by atoms with Gasteiger partial charge in [0.2, 0.25) is 0 Å². The zero-order chi connectivity index (χ0) is 13.7. The Kier molecular flexibility index (Phi) is 5.24. The first kappa shape index (κ1) is 14.4. The van der Waals surface area contributed by atoms with Gasteiger partial charge in [-0.1, -0.05) is 29.3 Å². The second-order valence-corrected chi connectivity index (χ2v) is 5.55. The number of hydrogen-bond acceptors (Lipinski definition) is 1. The van der Waals surface area contributed by atoms with Gasteiger partial charge < -0.3 is 0 Å². The van der Waals surface area contributed by atoms with E-state index in [4.69, 9.17) is 23.2 Å². The van der Waals surface area contributed by atoms with Gasteiger partial charge in [-0.05, 0) is 68.0 Å². The fourth-order valence-corrected chi connectivity index (χ4v) is 2.91. The lowest BCUT2D eigenvalue weighted by molar-refractivity contribution is 0.723. The Morgan fingerprint density at radius 1 is 1.00 bits per heavy atom. The van der Waals surface area contributed by atoms with Crippen LogP contribution in [-0.4, -0.2) is 4.98 Å². The SMILES string of the molecule is Cc1cc(Cl)c(CCCCc2ccccn2)c(Cl)c1. The third-order valence-corrected chi connectivity index (χ3v) is 3.80. The maximum atomic E-state index is 6.23. The van der Waals surface area contributed by atoms with Gasteiger partial charge in [0.15, 0.2) is 0 Å². The third kappa shape index (κ3) is 4.22. The van der Waals surface area contributed by atoms with Crippen LogP contribution in [0.25, 0.3) is 0 Å². The van der Waals surface area contributed by atoms with E-state index in [9.17, 15) is 0 Å². The van der Waals surface area contributed by atoms with Crippen molar-refractivity contribution in [1.82, 2.24) is 4.98 Å². The van der Waals surface area contributed by atoms with E-state index in [-0.39, 0.29) is 0 Å². The molecule has 0 N–H and O–H groups in total. The highest BCUT2D eigenvalue weighted by Crippen LogP contribution is 2.28. The molecule has 0 unspecified atom stereocenters. The van der Waals surface area contributed by atoms with Crippen molar-refractivity contribution in [2.24, 2.45) is 0 Å². The molecule has 1 aromatic heterocycles. The summed E-state index contributed by atoms with van der Waals surface area (Å²) in [5.74, 6) is 0. The molecule has 0 fully saturated rings. The number of aryl methyl sites for hydroxylation is 2. The minimum absolute atomic E-state index is 0.780. The van der Waals surface area contributed by atoms with E-state index >= 15 is 0 Å². The maximum absolute atomic E-state index is 6.23. The fraction of sp³-hybridized carbons (Fsp3) is 0.312. The Morgan fingerprint density at radius 2 is 1.68 bits per heavy atom. The quantitative estimate of drug-likeness (QED) is 0.685. The molecule has 3 heteroatoms. The van der Waals surface area contributed by atoms with Crippen molar-refractivity contribution in [3.63, 3.8) is 0 Å². The van der Waals surface area contributed by atoms with Crippen LogP contribution in [0.2, 0.25) is 10.0 Å². The number of pyridine rings is 1. The highest BCUT2D eigenvalue weighted by Gasteiger charge is 2.06. The largest absolute Gasteiger partial charge is 0.261 e. The molecule has 0 amide bonds. The number of nitrogens with zero attached hydrogens (tertiary/aromatic N) is 1. The summed E-state index contributed by atoms with van der Waals surface area (Å²) in [6, 6.07) is 9.97. The number of benzene rings is 1. The number of unbranched alkanes of at least 4 members (excludes halogenated alkanes) is 1. The Morgan fingerprint density at radius 3 is 2.32 bits per heavy atom. The zero-order valence-electron chi connectivity index (χ0n) is 11.0. The van der Waals surface area contributed by atoms with Gasteiger partial charge in [0.25, 0.3) is 0 Å². The molecule has 19 heavy (non-hydrogen) atoms. The molecule has 1 nitrogen and oxygen atoms in total. The van der Waals surface area contributed by atoms with Crippen LogP contribution in [-0.2, 0) is 12.8 Å². The van der Waals surface area contributed by atoms with Crippen LogP contribution in [0, 0.1) is 6.92 Å². The monoisotopic (exact) mass is 293 g/mol. The summed E-state index contributed by atoms with van der Waals surface area (Å²) in [6.07, 6.45) is 5.92. The summed E-state index contributed by atoms with van der Waals surface area (Å²) in [6.45, 7) is 2.00. The second-order valence-electron chi connectivity index (χ2n) is 4.74. The van der Waals surface area contributed by atoms with Crippen molar-refractivity contribution < 1.29 is 0 Å². The molecule has 0 aliphatic carbocycles. The average molecular weight is 294 g/mol. The van der Waals surface area contributed by atoms with E-state index in [0.29, 0.717) is 0 Å². The molecule has 0 bridgehead atoms. The van der Waals surface area contributed by atoms with E-state index in [1.807, 2.05) is 37.4 Å². The van der Waals surface area contributed by atoms with Crippen LogP contribution >= 0.6 is 23.2 Å². The van der Waals surface area contributed by atoms with E-state index in [2.05, 4.69) is 11.1 Å². The van der Waals surface area contributed by atoms with E-state index in [1.165, 1.54) is 0 Å². The van der Waals surface area contributed by atoms with Gasteiger partial charge in [0.05, 0.1) is 0 Å². The van der Waals surface area contributed by atoms with Crippen LogP contribution in [0.3, 0.4) is 0 Å². The summed E-state index contributed by atoms with van der Waals surface area (Å²) < 4.78 is 0. The first-order valence-electron chi connectivity index (χ1n) is 6.51. The molecule has 0 aliphatic heterocycles. The Bertz CT molecular complexity index is 515. The molecule has 1 aromatic carbocycles. The summed E-state index contributed by atoms with van der Waals surface area (Å²) in [5, 5.41) is 1.56. The van der Waals surface area contributed by atoms with Gasteiger partial charge in [-0.3, -0.25) is 4.98 Å². The molecular formula is C16H17Cl2N. The predicted octanol–water partition coefficient (Wildman–Crippen LogP) is 5.26. The molecule has 0 spiro atoms. The van der Waals surface area contributed by atoms with Gasteiger partial charge in [0, 0.05) is 21.9 Å². The minimum Gasteiger partial charge on any atom is -0.261 e. The van der Waals surface area contributed by atoms with E-state index in [1.54, 1.807) is 0 Å². The van der Waals surface area contributed by atoms with Gasteiger partial charge in [0.1, 0.15) is 0 Å². The summed E-state index contributed by atoms with van der Waals surface area (Å²) in [4.78, 5) is 4.32. The highest BCUT2D eigenvalue weighted by atomic mass is 35.5. The number of rotatable bonds is 5. The minimum atomic E-state index is 0.780. The van der Waals surface area contributed by atoms with Crippen LogP contribution in [0.4, 0.5) is 0 Å². The average Bonchev–Trinajstić information content (AvgIpc) is 2.38. The molecule has 1 heterocycles. The van der Waals surface area contributed by atoms with Gasteiger partial charge in [-0.2, -0.15) is 0 Å². The van der Waals surface area contributed by atoms with Crippen LogP contribution in [0.5, 0.6) is 0 Å². The molecule has 0 radical (unpaired) electrons. The first-order chi connectivity index (χ1) is 9.16. The summed E-state index contributed by atoms with van der Waals surface area (Å²) in [5.41, 5.74) is 3.31. The van der Waals surface area contributed by atoms with Crippen molar-refractivity contribution in [2.75, 3.05) is 0 Å². The smallest absolute Gasteiger partial charge is 0.0455 e. The van der Waals surface area contributed by atoms with Gasteiger partial charge in [-0.15, -0.1) is 0 Å². The maximum Gasteiger partial charge on any atom is 0.0455 e. The highest BCUT2D eigenvalue weighted by molar-refractivity contribution is 6.36. The van der Waals surface area contributed by atoms with Crippen LogP contribution in [0.1, 0.15) is 29.7 Å². The molecule has 0 atom stereocenters. The lowest BCUT2D eigenvalue weighted by Gasteiger charge is -2.08. The molecule has 0 saturated heterocycles. The number of aromatic nitrogens is 1. The molecule has 0 aliphatic rings. The normalized spacial score (nSPS) is 10.7.